The summed E-state index contributed by atoms with van der Waals surface area (Å²) in [5.41, 5.74) is 14.4. The Hall–Kier alpha value is -9.71. The van der Waals surface area contributed by atoms with Gasteiger partial charge < -0.3 is 0 Å². The number of hydrogen-bond acceptors (Lipinski definition) is 0. The van der Waals surface area contributed by atoms with Gasteiger partial charge in [-0.1, -0.05) is 352 Å². The lowest BCUT2D eigenvalue weighted by Crippen LogP contribution is -2.76. The minimum absolute atomic E-state index is 1.20. The van der Waals surface area contributed by atoms with E-state index in [1.165, 1.54) is 108 Å². The molecule has 0 aliphatic heterocycles. The van der Waals surface area contributed by atoms with Crippen LogP contribution in [0.15, 0.2) is 352 Å². The second kappa shape index (κ2) is 22.3. The van der Waals surface area contributed by atoms with Gasteiger partial charge in [0.25, 0.3) is 0 Å². The molecule has 0 aromatic heterocycles. The van der Waals surface area contributed by atoms with Gasteiger partial charge >= 0.3 is 0 Å². The van der Waals surface area contributed by atoms with Crippen LogP contribution in [0.1, 0.15) is 0 Å². The molecule has 0 aliphatic rings. The lowest BCUT2D eigenvalue weighted by atomic mass is 10.1. The molecule has 0 saturated carbocycles. The predicted octanol–water partition coefficient (Wildman–Crippen LogP) is 14.4. The maximum Gasteiger partial charge on any atom is 0.179 e. The summed E-state index contributed by atoms with van der Waals surface area (Å²) >= 11 is 0. The first-order chi connectivity index (χ1) is 39.6. The first-order valence-corrected chi connectivity index (χ1v) is 31.7. The molecule has 0 bridgehead atoms. The molecular formula is C78H58Si2. The topological polar surface area (TPSA) is 0 Å². The van der Waals surface area contributed by atoms with E-state index in [-0.39, 0.29) is 0 Å². The highest BCUT2D eigenvalue weighted by molar-refractivity contribution is 7.21. The molecule has 0 spiro atoms. The van der Waals surface area contributed by atoms with Crippen molar-refractivity contribution >= 4 is 57.6 Å². The van der Waals surface area contributed by atoms with Crippen molar-refractivity contribution < 1.29 is 0 Å². The standard InChI is InChI=1S/C78H58Si2/c1-7-25-59(26-8-1)65-37-19-43-73(53-65)79(74-44-20-38-66(54-74)60-27-9-2-10-28-60,75-45-21-39-67(55-75)61-29-11-3-12-30-61)71-49-51-72(52-50-71)80(76-46-22-40-68(56-76)62-31-13-4-14-32-62,77-47-23-41-69(57-77)63-33-15-5-16-34-63)78-48-24-42-70(58-78)64-35-17-6-18-36-64/h1-58H. The number of rotatable bonds is 14. The minimum Gasteiger partial charge on any atom is -0.0622 e. The van der Waals surface area contributed by atoms with E-state index in [0.29, 0.717) is 0 Å². The Labute approximate surface area is 473 Å². The molecule has 0 nitrogen and oxygen atoms in total. The summed E-state index contributed by atoms with van der Waals surface area (Å²) in [5.74, 6) is 0. The van der Waals surface area contributed by atoms with Gasteiger partial charge in [0.15, 0.2) is 16.1 Å². The number of benzene rings is 13. The molecule has 0 heterocycles. The Morgan fingerprint density at radius 3 is 0.425 bits per heavy atom. The maximum atomic E-state index is 2.53. The smallest absolute Gasteiger partial charge is 0.0622 e. The first-order valence-electron chi connectivity index (χ1n) is 27.7. The Bertz CT molecular complexity index is 3520. The SMILES string of the molecule is c1ccc(-c2cccc([Si](c3ccc([Si](c4cccc(-c5ccccc5)c4)(c4cccc(-c5ccccc5)c4)c4cccc(-c5ccccc5)c4)cc3)(c3cccc(-c4ccccc4)c3)c3cccc(-c4ccccc4)c3)c2)cc1. The van der Waals surface area contributed by atoms with E-state index in [0.717, 1.165) is 0 Å². The van der Waals surface area contributed by atoms with Crippen LogP contribution in [0, 0.1) is 0 Å². The van der Waals surface area contributed by atoms with E-state index in [4.69, 9.17) is 0 Å². The van der Waals surface area contributed by atoms with E-state index in [1.54, 1.807) is 0 Å². The van der Waals surface area contributed by atoms with Gasteiger partial charge in [0.2, 0.25) is 0 Å². The zero-order valence-electron chi connectivity index (χ0n) is 44.5. The highest BCUT2D eigenvalue weighted by atomic mass is 28.3. The van der Waals surface area contributed by atoms with E-state index in [2.05, 4.69) is 352 Å². The third-order valence-electron chi connectivity index (χ3n) is 16.2. The monoisotopic (exact) mass is 1050 g/mol. The Balaban J connectivity index is 1.12. The lowest BCUT2D eigenvalue weighted by Gasteiger charge is -2.38. The van der Waals surface area contributed by atoms with Crippen molar-refractivity contribution in [2.45, 2.75) is 0 Å². The molecule has 13 aromatic rings. The van der Waals surface area contributed by atoms with Crippen LogP contribution in [-0.4, -0.2) is 16.1 Å². The summed E-state index contributed by atoms with van der Waals surface area (Å²) < 4.78 is 0. The van der Waals surface area contributed by atoms with Crippen molar-refractivity contribution in [3.05, 3.63) is 352 Å². The molecule has 378 valence electrons. The third-order valence-corrected chi connectivity index (χ3v) is 25.6. The van der Waals surface area contributed by atoms with Crippen LogP contribution in [0.2, 0.25) is 0 Å². The average Bonchev–Trinajstić information content (AvgIpc) is 3.59. The molecule has 0 unspecified atom stereocenters. The normalized spacial score (nSPS) is 11.5. The molecule has 0 amide bonds. The van der Waals surface area contributed by atoms with Crippen LogP contribution in [0.5, 0.6) is 0 Å². The minimum atomic E-state index is -3.26. The van der Waals surface area contributed by atoms with Crippen molar-refractivity contribution in [2.75, 3.05) is 0 Å². The number of hydrogen-bond donors (Lipinski definition) is 0. The maximum absolute atomic E-state index is 3.26. The summed E-state index contributed by atoms with van der Waals surface area (Å²) in [4.78, 5) is 0. The van der Waals surface area contributed by atoms with Crippen molar-refractivity contribution in [3.63, 3.8) is 0 Å². The van der Waals surface area contributed by atoms with E-state index >= 15 is 0 Å². The van der Waals surface area contributed by atoms with Crippen LogP contribution >= 0.6 is 0 Å². The van der Waals surface area contributed by atoms with E-state index < -0.39 is 16.1 Å². The fourth-order valence-corrected chi connectivity index (χ4v) is 22.0. The molecule has 80 heavy (non-hydrogen) atoms. The van der Waals surface area contributed by atoms with Crippen molar-refractivity contribution in [1.29, 1.82) is 0 Å². The van der Waals surface area contributed by atoms with Crippen molar-refractivity contribution in [3.8, 4) is 66.8 Å². The van der Waals surface area contributed by atoms with Gasteiger partial charge in [-0.15, -0.1) is 0 Å². The summed E-state index contributed by atoms with van der Waals surface area (Å²) in [6.45, 7) is 0. The Morgan fingerprint density at radius 2 is 0.263 bits per heavy atom. The zero-order chi connectivity index (χ0) is 53.6. The van der Waals surface area contributed by atoms with Gasteiger partial charge in [-0.25, -0.2) is 0 Å². The van der Waals surface area contributed by atoms with Gasteiger partial charge in [0, 0.05) is 0 Å². The molecule has 2 heteroatoms. The van der Waals surface area contributed by atoms with Gasteiger partial charge in [-0.05, 0) is 108 Å². The molecule has 0 fully saturated rings. The van der Waals surface area contributed by atoms with Gasteiger partial charge in [-0.3, -0.25) is 0 Å². The molecule has 13 rings (SSSR count). The molecule has 0 atom stereocenters. The highest BCUT2D eigenvalue weighted by Crippen LogP contribution is 2.28. The van der Waals surface area contributed by atoms with Crippen LogP contribution < -0.4 is 41.5 Å². The van der Waals surface area contributed by atoms with Crippen LogP contribution in [0.3, 0.4) is 0 Å². The van der Waals surface area contributed by atoms with Gasteiger partial charge in [0.05, 0.1) is 0 Å². The summed E-state index contributed by atoms with van der Waals surface area (Å²) in [6.07, 6.45) is 0. The molecule has 0 N–H and O–H groups in total. The zero-order valence-corrected chi connectivity index (χ0v) is 46.5. The summed E-state index contributed by atoms with van der Waals surface area (Å²) in [7, 11) is -6.51. The molecule has 0 saturated heterocycles. The molecule has 13 aromatic carbocycles. The molecule has 0 aliphatic carbocycles. The van der Waals surface area contributed by atoms with E-state index in [9.17, 15) is 0 Å². The highest BCUT2D eigenvalue weighted by Gasteiger charge is 2.45. The Kier molecular flexibility index (Phi) is 13.9. The molecular weight excluding hydrogens is 993 g/mol. The second-order valence-corrected chi connectivity index (χ2v) is 28.4. The van der Waals surface area contributed by atoms with Gasteiger partial charge in [-0.2, -0.15) is 0 Å². The van der Waals surface area contributed by atoms with Crippen molar-refractivity contribution in [1.82, 2.24) is 0 Å². The van der Waals surface area contributed by atoms with Crippen LogP contribution in [-0.2, 0) is 0 Å². The van der Waals surface area contributed by atoms with Gasteiger partial charge in [0.1, 0.15) is 0 Å². The predicted molar refractivity (Wildman–Crippen MR) is 346 cm³/mol. The quantitative estimate of drug-likeness (QED) is 0.0752. The first kappa shape index (κ1) is 49.8. The average molecular weight is 1050 g/mol. The van der Waals surface area contributed by atoms with E-state index in [1.807, 2.05) is 0 Å². The third kappa shape index (κ3) is 9.51. The lowest BCUT2D eigenvalue weighted by molar-refractivity contribution is 1.60. The summed E-state index contributed by atoms with van der Waals surface area (Å²) in [5, 5.41) is 10.6. The fraction of sp³-hybridized carbons (Fsp3) is 0. The molecule has 0 radical (unpaired) electrons. The largest absolute Gasteiger partial charge is 0.179 e. The second-order valence-electron chi connectivity index (χ2n) is 20.8. The fourth-order valence-electron chi connectivity index (χ4n) is 12.3. The van der Waals surface area contributed by atoms with Crippen LogP contribution in [0.4, 0.5) is 0 Å². The van der Waals surface area contributed by atoms with Crippen molar-refractivity contribution in [2.24, 2.45) is 0 Å². The van der Waals surface area contributed by atoms with Crippen LogP contribution in [0.25, 0.3) is 66.8 Å². The summed E-state index contributed by atoms with van der Waals surface area (Å²) in [6, 6.07) is 132. The Morgan fingerprint density at radius 1 is 0.113 bits per heavy atom.